The average Bonchev–Trinajstić information content (AvgIpc) is 2.62. The predicted octanol–water partition coefficient (Wildman–Crippen LogP) is 2.02. The molecule has 0 aliphatic carbocycles. The molecule has 116 valence electrons. The molecule has 0 aliphatic rings. The number of nitrogens with one attached hydrogen (secondary N) is 1. The lowest BCUT2D eigenvalue weighted by Gasteiger charge is -2.09. The zero-order valence-corrected chi connectivity index (χ0v) is 12.9. The third-order valence-corrected chi connectivity index (χ3v) is 4.61. The molecule has 0 saturated carbocycles. The van der Waals surface area contributed by atoms with Crippen molar-refractivity contribution in [2.75, 3.05) is 0 Å². The van der Waals surface area contributed by atoms with Crippen LogP contribution in [0.1, 0.15) is 5.69 Å². The van der Waals surface area contributed by atoms with Gasteiger partial charge >= 0.3 is 0 Å². The zero-order chi connectivity index (χ0) is 16.1. The molecule has 0 radical (unpaired) electrons. The van der Waals surface area contributed by atoms with Gasteiger partial charge in [-0.25, -0.2) is 13.1 Å². The van der Waals surface area contributed by atoms with Crippen LogP contribution in [0.25, 0.3) is 11.3 Å². The fraction of sp³-hybridized carbons (Fsp3) is 0.0625. The minimum absolute atomic E-state index is 0.0509. The van der Waals surface area contributed by atoms with E-state index in [2.05, 4.69) is 19.7 Å². The Morgan fingerprint density at radius 3 is 2.43 bits per heavy atom. The van der Waals surface area contributed by atoms with E-state index < -0.39 is 10.0 Å². The maximum absolute atomic E-state index is 12.3. The number of aromatic nitrogens is 3. The Balaban J connectivity index is 1.85. The molecule has 0 bridgehead atoms. The highest BCUT2D eigenvalue weighted by Crippen LogP contribution is 2.18. The molecule has 7 heteroatoms. The molecule has 0 saturated heterocycles. The van der Waals surface area contributed by atoms with Gasteiger partial charge in [0.25, 0.3) is 0 Å². The largest absolute Gasteiger partial charge is 0.264 e. The van der Waals surface area contributed by atoms with Crippen molar-refractivity contribution in [2.45, 2.75) is 11.4 Å². The molecule has 0 fully saturated rings. The maximum Gasteiger partial charge on any atom is 0.240 e. The number of hydrogen-bond acceptors (Lipinski definition) is 5. The molecule has 0 spiro atoms. The second-order valence-electron chi connectivity index (χ2n) is 4.73. The summed E-state index contributed by atoms with van der Waals surface area (Å²) >= 11 is 0. The molecule has 0 atom stereocenters. The molecular weight excluding hydrogens is 312 g/mol. The average molecular weight is 326 g/mol. The first-order chi connectivity index (χ1) is 11.2. The summed E-state index contributed by atoms with van der Waals surface area (Å²) < 4.78 is 27.1. The summed E-state index contributed by atoms with van der Waals surface area (Å²) in [4.78, 5) is 12.8. The van der Waals surface area contributed by atoms with E-state index in [1.54, 1.807) is 55.0 Å². The lowest BCUT2D eigenvalue weighted by atomic mass is 10.1. The van der Waals surface area contributed by atoms with Gasteiger partial charge in [-0.2, -0.15) is 0 Å². The standard InChI is InChI=1S/C16H14N4O2S/c21-23(22,14-6-2-1-3-7-14)20-12-15-16(19-10-9-18-15)13-5-4-8-17-11-13/h1-11,20H,12H2. The van der Waals surface area contributed by atoms with Crippen molar-refractivity contribution in [3.8, 4) is 11.3 Å². The molecule has 1 aromatic carbocycles. The third kappa shape index (κ3) is 3.58. The zero-order valence-electron chi connectivity index (χ0n) is 12.1. The summed E-state index contributed by atoms with van der Waals surface area (Å²) in [6.45, 7) is 0.0509. The highest BCUT2D eigenvalue weighted by Gasteiger charge is 2.15. The van der Waals surface area contributed by atoms with Crippen molar-refractivity contribution in [3.63, 3.8) is 0 Å². The number of rotatable bonds is 5. The summed E-state index contributed by atoms with van der Waals surface area (Å²) in [5.74, 6) is 0. The molecule has 0 amide bonds. The first-order valence-corrected chi connectivity index (χ1v) is 8.40. The number of nitrogens with zero attached hydrogens (tertiary/aromatic N) is 3. The second kappa shape index (κ2) is 6.64. The molecule has 3 aromatic rings. The summed E-state index contributed by atoms with van der Waals surface area (Å²) in [6, 6.07) is 11.9. The summed E-state index contributed by atoms with van der Waals surface area (Å²) in [5.41, 5.74) is 1.94. The van der Waals surface area contributed by atoms with E-state index in [1.165, 1.54) is 6.20 Å². The summed E-state index contributed by atoms with van der Waals surface area (Å²) in [5, 5.41) is 0. The fourth-order valence-corrected chi connectivity index (χ4v) is 3.10. The topological polar surface area (TPSA) is 84.8 Å². The van der Waals surface area contributed by atoms with Gasteiger partial charge in [0.2, 0.25) is 10.0 Å². The Labute approximate surface area is 134 Å². The van der Waals surface area contributed by atoms with E-state index in [4.69, 9.17) is 0 Å². The van der Waals surface area contributed by atoms with Crippen molar-refractivity contribution < 1.29 is 8.42 Å². The number of benzene rings is 1. The van der Waals surface area contributed by atoms with Gasteiger partial charge in [-0.1, -0.05) is 18.2 Å². The van der Waals surface area contributed by atoms with Gasteiger partial charge < -0.3 is 0 Å². The van der Waals surface area contributed by atoms with E-state index >= 15 is 0 Å². The van der Waals surface area contributed by atoms with E-state index in [0.717, 1.165) is 5.56 Å². The minimum Gasteiger partial charge on any atom is -0.264 e. The number of sulfonamides is 1. The Morgan fingerprint density at radius 2 is 1.70 bits per heavy atom. The van der Waals surface area contributed by atoms with Gasteiger partial charge in [0.05, 0.1) is 22.8 Å². The van der Waals surface area contributed by atoms with Crippen LogP contribution < -0.4 is 4.72 Å². The SMILES string of the molecule is O=S(=O)(NCc1nccnc1-c1cccnc1)c1ccccc1. The lowest BCUT2D eigenvalue weighted by Crippen LogP contribution is -2.24. The molecular formula is C16H14N4O2S. The minimum atomic E-state index is -3.59. The van der Waals surface area contributed by atoms with E-state index in [9.17, 15) is 8.42 Å². The van der Waals surface area contributed by atoms with Crippen LogP contribution in [-0.2, 0) is 16.6 Å². The van der Waals surface area contributed by atoms with Crippen molar-refractivity contribution in [3.05, 3.63) is 72.9 Å². The smallest absolute Gasteiger partial charge is 0.240 e. The third-order valence-electron chi connectivity index (χ3n) is 3.19. The Hall–Kier alpha value is -2.64. The first-order valence-electron chi connectivity index (χ1n) is 6.92. The van der Waals surface area contributed by atoms with Gasteiger partial charge in [-0.3, -0.25) is 15.0 Å². The van der Waals surface area contributed by atoms with Crippen LogP contribution in [0.2, 0.25) is 0 Å². The van der Waals surface area contributed by atoms with Crippen LogP contribution in [-0.4, -0.2) is 23.4 Å². The molecule has 2 aromatic heterocycles. The Bertz CT molecular complexity index is 884. The normalized spacial score (nSPS) is 11.3. The predicted molar refractivity (Wildman–Crippen MR) is 85.7 cm³/mol. The first kappa shape index (κ1) is 15.3. The van der Waals surface area contributed by atoms with E-state index in [-0.39, 0.29) is 11.4 Å². The van der Waals surface area contributed by atoms with Crippen molar-refractivity contribution >= 4 is 10.0 Å². The van der Waals surface area contributed by atoms with E-state index in [1.807, 2.05) is 6.07 Å². The van der Waals surface area contributed by atoms with Gasteiger partial charge in [0.1, 0.15) is 0 Å². The lowest BCUT2D eigenvalue weighted by molar-refractivity contribution is 0.580. The molecule has 2 heterocycles. The van der Waals surface area contributed by atoms with Crippen LogP contribution >= 0.6 is 0 Å². The fourth-order valence-electron chi connectivity index (χ4n) is 2.09. The quantitative estimate of drug-likeness (QED) is 0.775. The van der Waals surface area contributed by atoms with Gasteiger partial charge in [0.15, 0.2) is 0 Å². The monoisotopic (exact) mass is 326 g/mol. The summed E-state index contributed by atoms with van der Waals surface area (Å²) in [7, 11) is -3.59. The van der Waals surface area contributed by atoms with Crippen molar-refractivity contribution in [1.82, 2.24) is 19.7 Å². The summed E-state index contributed by atoms with van der Waals surface area (Å²) in [6.07, 6.45) is 6.43. The molecule has 1 N–H and O–H groups in total. The second-order valence-corrected chi connectivity index (χ2v) is 6.50. The Morgan fingerprint density at radius 1 is 0.913 bits per heavy atom. The molecule has 0 unspecified atom stereocenters. The number of hydrogen-bond donors (Lipinski definition) is 1. The van der Waals surface area contributed by atoms with Crippen LogP contribution in [0, 0.1) is 0 Å². The van der Waals surface area contributed by atoms with Crippen LogP contribution in [0.15, 0.2) is 72.1 Å². The molecule has 0 aliphatic heterocycles. The van der Waals surface area contributed by atoms with Crippen molar-refractivity contribution in [1.29, 1.82) is 0 Å². The van der Waals surface area contributed by atoms with Crippen LogP contribution in [0.5, 0.6) is 0 Å². The van der Waals surface area contributed by atoms with E-state index in [0.29, 0.717) is 11.4 Å². The highest BCUT2D eigenvalue weighted by molar-refractivity contribution is 7.89. The van der Waals surface area contributed by atoms with Crippen molar-refractivity contribution in [2.24, 2.45) is 0 Å². The van der Waals surface area contributed by atoms with Gasteiger partial charge in [0, 0.05) is 30.4 Å². The van der Waals surface area contributed by atoms with Crippen LogP contribution in [0.3, 0.4) is 0 Å². The van der Waals surface area contributed by atoms with Gasteiger partial charge in [-0.15, -0.1) is 0 Å². The number of pyridine rings is 1. The maximum atomic E-state index is 12.3. The molecule has 6 nitrogen and oxygen atoms in total. The Kier molecular flexibility index (Phi) is 4.40. The molecule has 23 heavy (non-hydrogen) atoms. The van der Waals surface area contributed by atoms with Gasteiger partial charge in [-0.05, 0) is 24.3 Å². The molecule has 3 rings (SSSR count). The highest BCUT2D eigenvalue weighted by atomic mass is 32.2. The van der Waals surface area contributed by atoms with Crippen LogP contribution in [0.4, 0.5) is 0 Å².